The Kier molecular flexibility index (Phi) is 4.90. The zero-order valence-electron chi connectivity index (χ0n) is 15.7. The smallest absolute Gasteiger partial charge is 0.335 e. The number of aromatic nitrogens is 2. The number of hydrogen-bond donors (Lipinski definition) is 2. The van der Waals surface area contributed by atoms with Crippen LogP contribution in [0.25, 0.3) is 22.4 Å². The van der Waals surface area contributed by atoms with Crippen molar-refractivity contribution in [2.45, 2.75) is 6.92 Å². The summed E-state index contributed by atoms with van der Waals surface area (Å²) in [6, 6.07) is 6.97. The average Bonchev–Trinajstić information content (AvgIpc) is 3.11. The Labute approximate surface area is 172 Å². The van der Waals surface area contributed by atoms with E-state index >= 15 is 0 Å². The lowest BCUT2D eigenvalue weighted by molar-refractivity contribution is 0.0696. The van der Waals surface area contributed by atoms with Gasteiger partial charge in [-0.1, -0.05) is 5.16 Å². The topological polar surface area (TPSA) is 105 Å². The maximum atomic E-state index is 14.2. The minimum Gasteiger partial charge on any atom is -0.478 e. The number of aryl methyl sites for hydroxylation is 1. The van der Waals surface area contributed by atoms with Crippen LogP contribution in [0.4, 0.5) is 18.9 Å². The predicted molar refractivity (Wildman–Crippen MR) is 103 cm³/mol. The number of nitrogens with one attached hydrogen (secondary N) is 1. The Morgan fingerprint density at radius 1 is 1.03 bits per heavy atom. The van der Waals surface area contributed by atoms with E-state index in [4.69, 9.17) is 9.63 Å². The Hall–Kier alpha value is -4.21. The number of hydrogen-bond acceptors (Lipinski definition) is 5. The fourth-order valence-electron chi connectivity index (χ4n) is 3.04. The molecule has 4 rings (SSSR count). The first-order valence-electron chi connectivity index (χ1n) is 8.81. The van der Waals surface area contributed by atoms with Crippen molar-refractivity contribution in [2.75, 3.05) is 5.32 Å². The summed E-state index contributed by atoms with van der Waals surface area (Å²) >= 11 is 0. The number of aromatic carboxylic acids is 1. The lowest BCUT2D eigenvalue weighted by atomic mass is 10.0. The molecule has 4 aromatic rings. The molecule has 31 heavy (non-hydrogen) atoms. The van der Waals surface area contributed by atoms with Gasteiger partial charge in [0, 0.05) is 5.56 Å². The van der Waals surface area contributed by atoms with Crippen molar-refractivity contribution >= 4 is 28.7 Å². The number of fused-ring (bicyclic) bond motifs is 1. The third-order valence-corrected chi connectivity index (χ3v) is 4.53. The summed E-state index contributed by atoms with van der Waals surface area (Å²) in [5.41, 5.74) is -0.710. The number of nitrogens with zero attached hydrogens (tertiary/aromatic N) is 2. The highest BCUT2D eigenvalue weighted by atomic mass is 19.1. The number of carboxylic acids is 1. The number of pyridine rings is 1. The third kappa shape index (κ3) is 3.70. The number of benzene rings is 2. The monoisotopic (exact) mass is 427 g/mol. The van der Waals surface area contributed by atoms with Gasteiger partial charge in [-0.3, -0.25) is 4.79 Å². The molecule has 7 nitrogen and oxygen atoms in total. The highest BCUT2D eigenvalue weighted by Crippen LogP contribution is 2.29. The normalized spacial score (nSPS) is 11.0. The first kappa shape index (κ1) is 20.1. The van der Waals surface area contributed by atoms with Gasteiger partial charge in [0.25, 0.3) is 11.6 Å². The summed E-state index contributed by atoms with van der Waals surface area (Å²) in [5, 5.41) is 15.2. The van der Waals surface area contributed by atoms with Gasteiger partial charge in [-0.2, -0.15) is 0 Å². The minimum absolute atomic E-state index is 0.0656. The van der Waals surface area contributed by atoms with Crippen molar-refractivity contribution in [2.24, 2.45) is 0 Å². The van der Waals surface area contributed by atoms with Crippen LogP contribution in [0.2, 0.25) is 0 Å². The molecule has 2 heterocycles. The van der Waals surface area contributed by atoms with Gasteiger partial charge < -0.3 is 14.9 Å². The number of halogens is 3. The molecule has 2 N–H and O–H groups in total. The summed E-state index contributed by atoms with van der Waals surface area (Å²) in [6.45, 7) is 1.55. The summed E-state index contributed by atoms with van der Waals surface area (Å²) in [5.74, 6) is -4.57. The van der Waals surface area contributed by atoms with Crippen LogP contribution in [0.15, 0.2) is 47.0 Å². The summed E-state index contributed by atoms with van der Waals surface area (Å²) < 4.78 is 47.2. The molecule has 0 atom stereocenters. The quantitative estimate of drug-likeness (QED) is 0.495. The highest BCUT2D eigenvalue weighted by molar-refractivity contribution is 6.13. The van der Waals surface area contributed by atoms with Crippen LogP contribution in [0.5, 0.6) is 0 Å². The fourth-order valence-corrected chi connectivity index (χ4v) is 3.04. The molecule has 0 radical (unpaired) electrons. The molecule has 0 spiro atoms. The Balaban J connectivity index is 1.81. The first-order chi connectivity index (χ1) is 14.7. The second kappa shape index (κ2) is 7.56. The van der Waals surface area contributed by atoms with E-state index in [1.165, 1.54) is 6.07 Å². The van der Waals surface area contributed by atoms with Crippen LogP contribution >= 0.6 is 0 Å². The van der Waals surface area contributed by atoms with Gasteiger partial charge in [0.05, 0.1) is 33.6 Å². The lowest BCUT2D eigenvalue weighted by Crippen LogP contribution is -2.14. The van der Waals surface area contributed by atoms with Crippen LogP contribution in [0, 0.1) is 24.4 Å². The van der Waals surface area contributed by atoms with Crippen LogP contribution < -0.4 is 5.32 Å². The van der Waals surface area contributed by atoms with Gasteiger partial charge in [0.1, 0.15) is 17.5 Å². The zero-order chi connectivity index (χ0) is 22.3. The molecular formula is C21H12F3N3O4. The van der Waals surface area contributed by atoms with E-state index in [1.54, 1.807) is 6.92 Å². The van der Waals surface area contributed by atoms with Gasteiger partial charge >= 0.3 is 5.97 Å². The Bertz CT molecular complexity index is 1370. The Morgan fingerprint density at radius 2 is 1.81 bits per heavy atom. The van der Waals surface area contributed by atoms with Gasteiger partial charge in [-0.25, -0.2) is 22.9 Å². The molecule has 156 valence electrons. The molecular weight excluding hydrogens is 415 g/mol. The molecule has 0 aliphatic carbocycles. The van der Waals surface area contributed by atoms with Crippen molar-refractivity contribution < 1.29 is 32.4 Å². The summed E-state index contributed by atoms with van der Waals surface area (Å²) in [7, 11) is 0. The molecule has 0 unspecified atom stereocenters. The average molecular weight is 427 g/mol. The minimum atomic E-state index is -1.32. The van der Waals surface area contributed by atoms with E-state index in [0.29, 0.717) is 5.69 Å². The van der Waals surface area contributed by atoms with Crippen molar-refractivity contribution in [1.29, 1.82) is 0 Å². The lowest BCUT2D eigenvalue weighted by Gasteiger charge is -2.10. The molecule has 2 aromatic heterocycles. The molecule has 0 saturated heterocycles. The van der Waals surface area contributed by atoms with Gasteiger partial charge in [-0.05, 0) is 49.4 Å². The highest BCUT2D eigenvalue weighted by Gasteiger charge is 2.22. The maximum absolute atomic E-state index is 14.2. The number of carboxylic acid groups (broad SMARTS) is 1. The van der Waals surface area contributed by atoms with E-state index in [1.807, 2.05) is 0 Å². The second-order valence-electron chi connectivity index (χ2n) is 6.58. The second-order valence-corrected chi connectivity index (χ2v) is 6.58. The number of rotatable bonds is 4. The van der Waals surface area contributed by atoms with Crippen molar-refractivity contribution in [3.63, 3.8) is 0 Å². The zero-order valence-corrected chi connectivity index (χ0v) is 15.7. The van der Waals surface area contributed by atoms with Gasteiger partial charge in [-0.15, -0.1) is 0 Å². The number of carbonyl (C=O) groups excluding carboxylic acids is 1. The molecule has 2 aromatic carbocycles. The maximum Gasteiger partial charge on any atom is 0.335 e. The fraction of sp³-hybridized carbons (Fsp3) is 0.0476. The molecule has 0 aliphatic heterocycles. The van der Waals surface area contributed by atoms with E-state index < -0.39 is 29.3 Å². The Morgan fingerprint density at radius 3 is 2.52 bits per heavy atom. The van der Waals surface area contributed by atoms with Gasteiger partial charge in [0.15, 0.2) is 0 Å². The summed E-state index contributed by atoms with van der Waals surface area (Å²) in [4.78, 5) is 28.0. The molecule has 0 saturated carbocycles. The van der Waals surface area contributed by atoms with Crippen LogP contribution in [-0.2, 0) is 0 Å². The number of anilines is 1. The van der Waals surface area contributed by atoms with Crippen molar-refractivity contribution in [3.05, 3.63) is 76.7 Å². The number of carbonyl (C=O) groups is 2. The predicted octanol–water partition coefficient (Wildman–Crippen LogP) is 4.57. The SMILES string of the molecule is Cc1noc2nc(-c3cc(F)ccc3F)cc(C(=O)Nc3ccc(C(=O)O)cc3F)c12. The molecule has 0 bridgehead atoms. The first-order valence-corrected chi connectivity index (χ1v) is 8.81. The molecule has 1 amide bonds. The largest absolute Gasteiger partial charge is 0.478 e. The van der Waals surface area contributed by atoms with Crippen LogP contribution in [-0.4, -0.2) is 27.1 Å². The van der Waals surface area contributed by atoms with Crippen LogP contribution in [0.1, 0.15) is 26.4 Å². The van der Waals surface area contributed by atoms with E-state index in [9.17, 15) is 22.8 Å². The van der Waals surface area contributed by atoms with Crippen LogP contribution in [0.3, 0.4) is 0 Å². The molecule has 0 fully saturated rings. The van der Waals surface area contributed by atoms with E-state index in [-0.39, 0.29) is 39.2 Å². The molecule has 0 aliphatic rings. The van der Waals surface area contributed by atoms with Crippen molar-refractivity contribution in [3.8, 4) is 11.3 Å². The van der Waals surface area contributed by atoms with E-state index in [0.717, 1.165) is 36.4 Å². The molecule has 10 heteroatoms. The third-order valence-electron chi connectivity index (χ3n) is 4.53. The standard InChI is InChI=1S/C21H12F3N3O4/c1-9-18-13(19(28)25-16-5-2-10(21(29)30)6-15(16)24)8-17(26-20(18)31-27-9)12-7-11(22)3-4-14(12)23/h2-8H,1H3,(H,25,28)(H,29,30). The van der Waals surface area contributed by atoms with Gasteiger partial charge in [0.2, 0.25) is 0 Å². The van der Waals surface area contributed by atoms with Crippen molar-refractivity contribution in [1.82, 2.24) is 10.1 Å². The van der Waals surface area contributed by atoms with E-state index in [2.05, 4.69) is 15.5 Å². The summed E-state index contributed by atoms with van der Waals surface area (Å²) in [6.07, 6.45) is 0. The number of amides is 1.